The minimum Gasteiger partial charge on any atom is -0.158 e. The lowest BCUT2D eigenvalue weighted by molar-refractivity contribution is 0.868. The van der Waals surface area contributed by atoms with Gasteiger partial charge in [0, 0.05) is 10.9 Å². The number of benzene rings is 2. The number of rotatable bonds is 2. The van der Waals surface area contributed by atoms with Gasteiger partial charge in [0.15, 0.2) is 0 Å². The summed E-state index contributed by atoms with van der Waals surface area (Å²) in [5.41, 5.74) is 4.61. The molecule has 0 amide bonds. The summed E-state index contributed by atoms with van der Waals surface area (Å²) in [4.78, 5) is 0. The highest BCUT2D eigenvalue weighted by atomic mass is 15.1. The fraction of sp³-hybridized carbons (Fsp3) is 0.176. The molecule has 0 radical (unpaired) electrons. The van der Waals surface area contributed by atoms with E-state index in [2.05, 4.69) is 54.4 Å². The molecule has 0 unspecified atom stereocenters. The van der Waals surface area contributed by atoms with Crippen LogP contribution in [-0.4, -0.2) is 10.2 Å². The van der Waals surface area contributed by atoms with Crippen molar-refractivity contribution >= 4 is 10.9 Å². The van der Waals surface area contributed by atoms with Crippen molar-refractivity contribution in [2.45, 2.75) is 19.8 Å². The average molecular weight is 248 g/mol. The highest BCUT2D eigenvalue weighted by molar-refractivity contribution is 5.94. The smallest absolute Gasteiger partial charge is 0.0936 e. The molecule has 2 heteroatoms. The molecule has 0 bridgehead atoms. The van der Waals surface area contributed by atoms with E-state index in [1.807, 2.05) is 24.4 Å². The largest absolute Gasteiger partial charge is 0.158 e. The van der Waals surface area contributed by atoms with Gasteiger partial charge < -0.3 is 0 Å². The lowest BCUT2D eigenvalue weighted by Gasteiger charge is -2.09. The summed E-state index contributed by atoms with van der Waals surface area (Å²) in [7, 11) is 0. The normalized spacial score (nSPS) is 11.1. The van der Waals surface area contributed by atoms with E-state index in [9.17, 15) is 0 Å². The molecule has 0 atom stereocenters. The molecule has 2 aromatic carbocycles. The lowest BCUT2D eigenvalue weighted by atomic mass is 9.97. The van der Waals surface area contributed by atoms with Crippen molar-refractivity contribution in [1.82, 2.24) is 10.2 Å². The van der Waals surface area contributed by atoms with E-state index in [-0.39, 0.29) is 0 Å². The Labute approximate surface area is 113 Å². The predicted molar refractivity (Wildman–Crippen MR) is 79.1 cm³/mol. The Hall–Kier alpha value is -2.22. The van der Waals surface area contributed by atoms with Crippen LogP contribution in [0.4, 0.5) is 0 Å². The second-order valence-electron chi connectivity index (χ2n) is 5.06. The van der Waals surface area contributed by atoms with Crippen LogP contribution in [0.5, 0.6) is 0 Å². The maximum atomic E-state index is 4.22. The third-order valence-electron chi connectivity index (χ3n) is 3.41. The van der Waals surface area contributed by atoms with Crippen LogP contribution >= 0.6 is 0 Å². The number of fused-ring (bicyclic) bond motifs is 1. The van der Waals surface area contributed by atoms with E-state index in [1.165, 1.54) is 16.5 Å². The molecule has 0 aliphatic heterocycles. The Balaban J connectivity index is 2.27. The Morgan fingerprint density at radius 1 is 0.947 bits per heavy atom. The first-order chi connectivity index (χ1) is 9.25. The van der Waals surface area contributed by atoms with Crippen LogP contribution in [0, 0.1) is 0 Å². The van der Waals surface area contributed by atoms with E-state index < -0.39 is 0 Å². The van der Waals surface area contributed by atoms with Gasteiger partial charge in [-0.2, -0.15) is 10.2 Å². The van der Waals surface area contributed by atoms with Gasteiger partial charge in [-0.3, -0.25) is 0 Å². The van der Waals surface area contributed by atoms with Gasteiger partial charge in [-0.25, -0.2) is 0 Å². The quantitative estimate of drug-likeness (QED) is 0.671. The molecule has 0 spiro atoms. The molecular formula is C17H16N2. The fourth-order valence-corrected chi connectivity index (χ4v) is 2.28. The molecule has 0 fully saturated rings. The van der Waals surface area contributed by atoms with Crippen LogP contribution in [0.15, 0.2) is 54.7 Å². The minimum atomic E-state index is 0.515. The molecule has 3 aromatic rings. The first kappa shape index (κ1) is 11.8. The van der Waals surface area contributed by atoms with E-state index >= 15 is 0 Å². The van der Waals surface area contributed by atoms with E-state index in [0.29, 0.717) is 5.92 Å². The number of hydrogen-bond donors (Lipinski definition) is 0. The van der Waals surface area contributed by atoms with Crippen LogP contribution < -0.4 is 0 Å². The zero-order chi connectivity index (χ0) is 13.2. The van der Waals surface area contributed by atoms with Gasteiger partial charge in [0.05, 0.1) is 11.7 Å². The molecule has 0 saturated heterocycles. The van der Waals surface area contributed by atoms with Crippen LogP contribution in [0.2, 0.25) is 0 Å². The van der Waals surface area contributed by atoms with Crippen molar-refractivity contribution in [1.29, 1.82) is 0 Å². The van der Waals surface area contributed by atoms with Gasteiger partial charge in [0.2, 0.25) is 0 Å². The standard InChI is InChI=1S/C17H16N2/c1-12(2)14-8-9-17-15(10-14)16(11-18-19-17)13-6-4-3-5-7-13/h3-12H,1-2H3. The molecule has 3 rings (SSSR count). The first-order valence-electron chi connectivity index (χ1n) is 6.56. The summed E-state index contributed by atoms with van der Waals surface area (Å²) in [6, 6.07) is 16.8. The third-order valence-corrected chi connectivity index (χ3v) is 3.41. The first-order valence-corrected chi connectivity index (χ1v) is 6.56. The molecule has 19 heavy (non-hydrogen) atoms. The summed E-state index contributed by atoms with van der Waals surface area (Å²) in [5, 5.41) is 9.51. The number of nitrogens with zero attached hydrogens (tertiary/aromatic N) is 2. The molecular weight excluding hydrogens is 232 g/mol. The second-order valence-corrected chi connectivity index (χ2v) is 5.06. The molecule has 2 nitrogen and oxygen atoms in total. The van der Waals surface area contributed by atoms with Crippen LogP contribution in [0.1, 0.15) is 25.3 Å². The van der Waals surface area contributed by atoms with Gasteiger partial charge in [0.25, 0.3) is 0 Å². The lowest BCUT2D eigenvalue weighted by Crippen LogP contribution is -1.92. The highest BCUT2D eigenvalue weighted by Crippen LogP contribution is 2.28. The summed E-state index contributed by atoms with van der Waals surface area (Å²) >= 11 is 0. The second kappa shape index (κ2) is 4.81. The van der Waals surface area contributed by atoms with Crippen molar-refractivity contribution in [2.75, 3.05) is 0 Å². The van der Waals surface area contributed by atoms with Crippen LogP contribution in [0.3, 0.4) is 0 Å². The average Bonchev–Trinajstić information content (AvgIpc) is 2.47. The summed E-state index contributed by atoms with van der Waals surface area (Å²) < 4.78 is 0. The van der Waals surface area contributed by atoms with Crippen molar-refractivity contribution in [3.63, 3.8) is 0 Å². The number of hydrogen-bond acceptors (Lipinski definition) is 2. The molecule has 1 aromatic heterocycles. The maximum absolute atomic E-state index is 4.22. The summed E-state index contributed by atoms with van der Waals surface area (Å²) in [6.07, 6.45) is 1.85. The van der Waals surface area contributed by atoms with Crippen molar-refractivity contribution < 1.29 is 0 Å². The van der Waals surface area contributed by atoms with Gasteiger partial charge in [-0.15, -0.1) is 0 Å². The minimum absolute atomic E-state index is 0.515. The summed E-state index contributed by atoms with van der Waals surface area (Å²) in [6.45, 7) is 4.41. The fourth-order valence-electron chi connectivity index (χ4n) is 2.28. The van der Waals surface area contributed by atoms with Gasteiger partial charge >= 0.3 is 0 Å². The zero-order valence-corrected chi connectivity index (χ0v) is 11.2. The topological polar surface area (TPSA) is 25.8 Å². The van der Waals surface area contributed by atoms with Gasteiger partial charge in [-0.05, 0) is 29.2 Å². The van der Waals surface area contributed by atoms with Crippen LogP contribution in [-0.2, 0) is 0 Å². The molecule has 1 heterocycles. The Morgan fingerprint density at radius 2 is 1.74 bits per heavy atom. The molecule has 0 saturated carbocycles. The third kappa shape index (κ3) is 2.22. The molecule has 0 N–H and O–H groups in total. The SMILES string of the molecule is CC(C)c1ccc2nncc(-c3ccccc3)c2c1. The predicted octanol–water partition coefficient (Wildman–Crippen LogP) is 4.42. The highest BCUT2D eigenvalue weighted by Gasteiger charge is 2.07. The molecule has 0 aliphatic carbocycles. The van der Waals surface area contributed by atoms with E-state index in [4.69, 9.17) is 0 Å². The monoisotopic (exact) mass is 248 g/mol. The van der Waals surface area contributed by atoms with E-state index in [0.717, 1.165) is 11.1 Å². The van der Waals surface area contributed by atoms with Crippen LogP contribution in [0.25, 0.3) is 22.0 Å². The molecule has 94 valence electrons. The molecule has 0 aliphatic rings. The zero-order valence-electron chi connectivity index (χ0n) is 11.2. The van der Waals surface area contributed by atoms with Gasteiger partial charge in [0.1, 0.15) is 0 Å². The Kier molecular flexibility index (Phi) is 3.00. The Morgan fingerprint density at radius 3 is 2.47 bits per heavy atom. The Bertz CT molecular complexity index is 703. The van der Waals surface area contributed by atoms with E-state index in [1.54, 1.807) is 0 Å². The summed E-state index contributed by atoms with van der Waals surface area (Å²) in [5.74, 6) is 0.515. The van der Waals surface area contributed by atoms with Gasteiger partial charge in [-0.1, -0.05) is 50.2 Å². The van der Waals surface area contributed by atoms with Crippen molar-refractivity contribution in [2.24, 2.45) is 0 Å². The van der Waals surface area contributed by atoms with Crippen molar-refractivity contribution in [3.8, 4) is 11.1 Å². The van der Waals surface area contributed by atoms with Crippen molar-refractivity contribution in [3.05, 3.63) is 60.3 Å². The maximum Gasteiger partial charge on any atom is 0.0936 e. The number of aromatic nitrogens is 2.